The molecule has 5 nitrogen and oxygen atoms in total. The average molecular weight is 339 g/mol. The minimum absolute atomic E-state index is 0.111. The van der Waals surface area contributed by atoms with Gasteiger partial charge in [-0.05, 0) is 37.6 Å². The maximum atomic E-state index is 12.1. The number of benzene rings is 2. The Morgan fingerprint density at radius 1 is 1.12 bits per heavy atom. The van der Waals surface area contributed by atoms with E-state index in [2.05, 4.69) is 21.6 Å². The number of nitrogens with zero attached hydrogens (tertiary/aromatic N) is 2. The second kappa shape index (κ2) is 7.31. The maximum Gasteiger partial charge on any atom is 0.322 e. The van der Waals surface area contributed by atoms with Gasteiger partial charge in [-0.3, -0.25) is 10.1 Å². The zero-order chi connectivity index (χ0) is 16.9. The number of hydrogen-bond donors (Lipinski definition) is 1. The van der Waals surface area contributed by atoms with Crippen LogP contribution in [0.1, 0.15) is 11.1 Å². The molecule has 0 radical (unpaired) electrons. The lowest BCUT2D eigenvalue weighted by molar-refractivity contribution is -0.113. The van der Waals surface area contributed by atoms with Crippen LogP contribution in [0.15, 0.2) is 57.8 Å². The van der Waals surface area contributed by atoms with E-state index in [0.29, 0.717) is 5.89 Å². The van der Waals surface area contributed by atoms with Crippen molar-refractivity contribution in [2.45, 2.75) is 18.7 Å². The van der Waals surface area contributed by atoms with Gasteiger partial charge in [0.15, 0.2) is 0 Å². The number of thioether (sulfide) groups is 1. The fraction of sp³-hybridized carbons (Fsp3) is 0.167. The summed E-state index contributed by atoms with van der Waals surface area (Å²) in [6, 6.07) is 15.7. The van der Waals surface area contributed by atoms with Crippen LogP contribution in [0, 0.1) is 13.8 Å². The van der Waals surface area contributed by atoms with E-state index in [1.54, 1.807) is 0 Å². The van der Waals surface area contributed by atoms with Crippen LogP contribution in [0.3, 0.4) is 0 Å². The summed E-state index contributed by atoms with van der Waals surface area (Å²) in [4.78, 5) is 13.1. The van der Waals surface area contributed by atoms with Crippen LogP contribution in [-0.4, -0.2) is 21.9 Å². The van der Waals surface area contributed by atoms with E-state index in [0.717, 1.165) is 16.0 Å². The van der Waals surface area contributed by atoms with Gasteiger partial charge in [-0.1, -0.05) is 41.0 Å². The van der Waals surface area contributed by atoms with Crippen LogP contribution in [0.2, 0.25) is 0 Å². The van der Waals surface area contributed by atoms with Gasteiger partial charge in [-0.2, -0.15) is 0 Å². The minimum Gasteiger partial charge on any atom is -0.403 e. The highest BCUT2D eigenvalue weighted by Gasteiger charge is 2.12. The largest absolute Gasteiger partial charge is 0.403 e. The Balaban J connectivity index is 1.58. The van der Waals surface area contributed by atoms with Crippen molar-refractivity contribution < 1.29 is 9.21 Å². The van der Waals surface area contributed by atoms with Crippen LogP contribution in [0.25, 0.3) is 11.5 Å². The van der Waals surface area contributed by atoms with Crippen LogP contribution < -0.4 is 5.32 Å². The van der Waals surface area contributed by atoms with Gasteiger partial charge in [0, 0.05) is 10.5 Å². The second-order valence-electron chi connectivity index (χ2n) is 5.38. The molecule has 0 fully saturated rings. The van der Waals surface area contributed by atoms with Gasteiger partial charge in [0.05, 0.1) is 5.75 Å². The van der Waals surface area contributed by atoms with Gasteiger partial charge < -0.3 is 4.42 Å². The topological polar surface area (TPSA) is 68.0 Å². The molecule has 1 N–H and O–H groups in total. The van der Waals surface area contributed by atoms with E-state index in [1.165, 1.54) is 17.3 Å². The van der Waals surface area contributed by atoms with Crippen molar-refractivity contribution >= 4 is 23.7 Å². The van der Waals surface area contributed by atoms with E-state index in [4.69, 9.17) is 4.42 Å². The molecule has 1 aromatic heterocycles. The molecular weight excluding hydrogens is 322 g/mol. The number of carbonyl (C=O) groups excluding carboxylic acids is 1. The standard InChI is InChI=1S/C18H17N3O2S/c1-12-8-9-15(13(2)10-12)24-11-16(22)19-18-21-20-17(23-18)14-6-4-3-5-7-14/h3-10H,11H2,1-2H3,(H,19,21,22). The van der Waals surface area contributed by atoms with E-state index >= 15 is 0 Å². The van der Waals surface area contributed by atoms with Gasteiger partial charge in [-0.15, -0.1) is 16.9 Å². The van der Waals surface area contributed by atoms with Crippen molar-refractivity contribution in [1.29, 1.82) is 0 Å². The van der Waals surface area contributed by atoms with Crippen molar-refractivity contribution in [3.8, 4) is 11.5 Å². The van der Waals surface area contributed by atoms with E-state index in [-0.39, 0.29) is 17.7 Å². The molecule has 0 saturated carbocycles. The number of nitrogens with one attached hydrogen (secondary N) is 1. The summed E-state index contributed by atoms with van der Waals surface area (Å²) >= 11 is 1.48. The minimum atomic E-state index is -0.178. The van der Waals surface area contributed by atoms with Gasteiger partial charge in [0.2, 0.25) is 11.8 Å². The smallest absolute Gasteiger partial charge is 0.322 e. The third-order valence-electron chi connectivity index (χ3n) is 3.38. The number of hydrogen-bond acceptors (Lipinski definition) is 5. The first-order valence-electron chi connectivity index (χ1n) is 7.50. The van der Waals surface area contributed by atoms with Gasteiger partial charge in [0.1, 0.15) is 0 Å². The summed E-state index contributed by atoms with van der Waals surface area (Å²) in [5, 5.41) is 10.4. The fourth-order valence-electron chi connectivity index (χ4n) is 2.23. The Kier molecular flexibility index (Phi) is 4.96. The van der Waals surface area contributed by atoms with Crippen molar-refractivity contribution in [1.82, 2.24) is 10.2 Å². The molecule has 0 atom stereocenters. The third-order valence-corrected chi connectivity index (χ3v) is 4.56. The Labute approximate surface area is 144 Å². The molecular formula is C18H17N3O2S. The molecule has 1 amide bonds. The first-order chi connectivity index (χ1) is 11.6. The lowest BCUT2D eigenvalue weighted by Crippen LogP contribution is -2.14. The van der Waals surface area contributed by atoms with Crippen LogP contribution >= 0.6 is 11.8 Å². The first kappa shape index (κ1) is 16.3. The number of aryl methyl sites for hydroxylation is 2. The summed E-state index contributed by atoms with van der Waals surface area (Å²) in [5.74, 6) is 0.489. The predicted molar refractivity (Wildman–Crippen MR) is 95.0 cm³/mol. The number of rotatable bonds is 5. The fourth-order valence-corrected chi connectivity index (χ4v) is 3.04. The molecule has 3 aromatic rings. The lowest BCUT2D eigenvalue weighted by atomic mass is 10.2. The first-order valence-corrected chi connectivity index (χ1v) is 8.49. The Morgan fingerprint density at radius 3 is 2.67 bits per heavy atom. The van der Waals surface area contributed by atoms with E-state index in [9.17, 15) is 4.79 Å². The van der Waals surface area contributed by atoms with E-state index in [1.807, 2.05) is 56.3 Å². The van der Waals surface area contributed by atoms with E-state index < -0.39 is 0 Å². The Hall–Kier alpha value is -2.60. The van der Waals surface area contributed by atoms with Crippen LogP contribution in [-0.2, 0) is 4.79 Å². The molecule has 0 spiro atoms. The molecule has 1 heterocycles. The molecule has 0 aliphatic carbocycles. The highest BCUT2D eigenvalue weighted by atomic mass is 32.2. The normalized spacial score (nSPS) is 10.6. The van der Waals surface area contributed by atoms with Crippen molar-refractivity contribution in [3.05, 3.63) is 59.7 Å². The molecule has 6 heteroatoms. The molecule has 0 aliphatic heterocycles. The van der Waals surface area contributed by atoms with Gasteiger partial charge in [0.25, 0.3) is 0 Å². The number of carbonyl (C=O) groups is 1. The molecule has 0 saturated heterocycles. The molecule has 122 valence electrons. The van der Waals surface area contributed by atoms with Gasteiger partial charge in [-0.25, -0.2) is 0 Å². The summed E-state index contributed by atoms with van der Waals surface area (Å²) in [5.41, 5.74) is 3.19. The van der Waals surface area contributed by atoms with Gasteiger partial charge >= 0.3 is 6.01 Å². The number of aromatic nitrogens is 2. The zero-order valence-electron chi connectivity index (χ0n) is 13.4. The summed E-state index contributed by atoms with van der Waals surface area (Å²) in [6.07, 6.45) is 0. The summed E-state index contributed by atoms with van der Waals surface area (Å²) < 4.78 is 5.47. The second-order valence-corrected chi connectivity index (χ2v) is 6.40. The molecule has 0 bridgehead atoms. The zero-order valence-corrected chi connectivity index (χ0v) is 14.3. The summed E-state index contributed by atoms with van der Waals surface area (Å²) in [6.45, 7) is 4.09. The van der Waals surface area contributed by atoms with Crippen LogP contribution in [0.5, 0.6) is 0 Å². The number of amides is 1. The molecule has 24 heavy (non-hydrogen) atoms. The maximum absolute atomic E-state index is 12.1. The average Bonchev–Trinajstić information content (AvgIpc) is 3.03. The SMILES string of the molecule is Cc1ccc(SCC(=O)Nc2nnc(-c3ccccc3)o2)c(C)c1. The Morgan fingerprint density at radius 2 is 1.92 bits per heavy atom. The predicted octanol–water partition coefficient (Wildman–Crippen LogP) is 4.08. The third kappa shape index (κ3) is 4.02. The molecule has 3 rings (SSSR count). The molecule has 0 aliphatic rings. The van der Waals surface area contributed by atoms with Crippen molar-refractivity contribution in [3.63, 3.8) is 0 Å². The quantitative estimate of drug-likeness (QED) is 0.709. The summed E-state index contributed by atoms with van der Waals surface area (Å²) in [7, 11) is 0. The highest BCUT2D eigenvalue weighted by molar-refractivity contribution is 8.00. The van der Waals surface area contributed by atoms with Crippen LogP contribution in [0.4, 0.5) is 6.01 Å². The molecule has 2 aromatic carbocycles. The monoisotopic (exact) mass is 339 g/mol. The number of anilines is 1. The van der Waals surface area contributed by atoms with Crippen molar-refractivity contribution in [2.75, 3.05) is 11.1 Å². The molecule has 0 unspecified atom stereocenters. The Bertz CT molecular complexity index is 846. The van der Waals surface area contributed by atoms with Crippen molar-refractivity contribution in [2.24, 2.45) is 0 Å². The lowest BCUT2D eigenvalue weighted by Gasteiger charge is -2.06. The highest BCUT2D eigenvalue weighted by Crippen LogP contribution is 2.24.